The van der Waals surface area contributed by atoms with Gasteiger partial charge in [0.2, 0.25) is 5.91 Å². The molecule has 3 nitrogen and oxygen atoms in total. The third-order valence-electron chi connectivity index (χ3n) is 2.68. The SMILES string of the molecule is CCN(C(=O)[C@H](C)N)c1c(C)cccc1C. The molecule has 0 aliphatic rings. The Morgan fingerprint density at radius 1 is 1.38 bits per heavy atom. The van der Waals surface area contributed by atoms with Crippen LogP contribution in [0.25, 0.3) is 0 Å². The van der Waals surface area contributed by atoms with Crippen LogP contribution in [0.4, 0.5) is 5.69 Å². The first-order chi connectivity index (χ1) is 7.49. The summed E-state index contributed by atoms with van der Waals surface area (Å²) in [4.78, 5) is 13.7. The lowest BCUT2D eigenvalue weighted by Gasteiger charge is -2.26. The molecule has 0 unspecified atom stereocenters. The molecule has 1 aromatic carbocycles. The number of aryl methyl sites for hydroxylation is 2. The maximum Gasteiger partial charge on any atom is 0.243 e. The van der Waals surface area contributed by atoms with Crippen molar-refractivity contribution in [2.24, 2.45) is 5.73 Å². The number of carbonyl (C=O) groups is 1. The minimum Gasteiger partial charge on any atom is -0.320 e. The van der Waals surface area contributed by atoms with Gasteiger partial charge in [0.05, 0.1) is 6.04 Å². The van der Waals surface area contributed by atoms with Crippen molar-refractivity contribution in [3.8, 4) is 0 Å². The number of likely N-dealkylation sites (N-methyl/N-ethyl adjacent to an activating group) is 1. The minimum atomic E-state index is -0.459. The van der Waals surface area contributed by atoms with Crippen molar-refractivity contribution >= 4 is 11.6 Å². The maximum absolute atomic E-state index is 12.0. The first-order valence-electron chi connectivity index (χ1n) is 5.62. The summed E-state index contributed by atoms with van der Waals surface area (Å²) in [5.74, 6) is -0.0279. The van der Waals surface area contributed by atoms with Crippen LogP contribution in [0.2, 0.25) is 0 Å². The van der Waals surface area contributed by atoms with E-state index in [2.05, 4.69) is 0 Å². The van der Waals surface area contributed by atoms with Gasteiger partial charge in [0.25, 0.3) is 0 Å². The zero-order valence-corrected chi connectivity index (χ0v) is 10.4. The molecule has 0 aliphatic heterocycles. The number of anilines is 1. The summed E-state index contributed by atoms with van der Waals surface area (Å²) in [5, 5.41) is 0. The van der Waals surface area contributed by atoms with Gasteiger partial charge in [-0.15, -0.1) is 0 Å². The fourth-order valence-electron chi connectivity index (χ4n) is 1.90. The molecule has 88 valence electrons. The Bertz CT molecular complexity index is 365. The second-order valence-corrected chi connectivity index (χ2v) is 4.11. The molecule has 0 aromatic heterocycles. The molecule has 3 heteroatoms. The number of amides is 1. The maximum atomic E-state index is 12.0. The van der Waals surface area contributed by atoms with Gasteiger partial charge in [0.15, 0.2) is 0 Å². The van der Waals surface area contributed by atoms with Crippen LogP contribution < -0.4 is 10.6 Å². The normalized spacial score (nSPS) is 12.3. The number of para-hydroxylation sites is 1. The summed E-state index contributed by atoms with van der Waals surface area (Å²) in [5.41, 5.74) is 8.87. The average Bonchev–Trinajstić information content (AvgIpc) is 2.22. The van der Waals surface area contributed by atoms with E-state index in [-0.39, 0.29) is 5.91 Å². The highest BCUT2D eigenvalue weighted by Crippen LogP contribution is 2.24. The summed E-state index contributed by atoms with van der Waals surface area (Å²) in [7, 11) is 0. The number of hydrogen-bond donors (Lipinski definition) is 1. The molecule has 2 N–H and O–H groups in total. The first kappa shape index (κ1) is 12.7. The number of rotatable bonds is 3. The molecule has 0 fully saturated rings. The summed E-state index contributed by atoms with van der Waals surface area (Å²) in [6.07, 6.45) is 0. The highest BCUT2D eigenvalue weighted by molar-refractivity contribution is 5.98. The van der Waals surface area contributed by atoms with Crippen LogP contribution in [0, 0.1) is 13.8 Å². The highest BCUT2D eigenvalue weighted by Gasteiger charge is 2.20. The van der Waals surface area contributed by atoms with E-state index in [4.69, 9.17) is 5.73 Å². The monoisotopic (exact) mass is 220 g/mol. The first-order valence-corrected chi connectivity index (χ1v) is 5.62. The smallest absolute Gasteiger partial charge is 0.243 e. The molecule has 0 spiro atoms. The number of carbonyl (C=O) groups excluding carboxylic acids is 1. The van der Waals surface area contributed by atoms with Gasteiger partial charge in [-0.25, -0.2) is 0 Å². The molecule has 1 aromatic rings. The Hall–Kier alpha value is -1.35. The van der Waals surface area contributed by atoms with Crippen molar-refractivity contribution in [2.45, 2.75) is 33.7 Å². The standard InChI is InChI=1S/C13H20N2O/c1-5-15(13(16)11(4)14)12-9(2)7-6-8-10(12)3/h6-8,11H,5,14H2,1-4H3/t11-/m0/s1. The Kier molecular flexibility index (Phi) is 4.07. The van der Waals surface area contributed by atoms with Crippen LogP contribution in [0.5, 0.6) is 0 Å². The van der Waals surface area contributed by atoms with Crippen molar-refractivity contribution in [1.29, 1.82) is 0 Å². The van der Waals surface area contributed by atoms with Crippen LogP contribution in [0.1, 0.15) is 25.0 Å². The van der Waals surface area contributed by atoms with E-state index in [0.717, 1.165) is 16.8 Å². The second kappa shape index (κ2) is 5.12. The molecule has 0 saturated heterocycles. The summed E-state index contributed by atoms with van der Waals surface area (Å²) in [6, 6.07) is 5.57. The molecule has 1 rings (SSSR count). The minimum absolute atomic E-state index is 0.0279. The van der Waals surface area contributed by atoms with Crippen LogP contribution in [-0.4, -0.2) is 18.5 Å². The van der Waals surface area contributed by atoms with Gasteiger partial charge < -0.3 is 10.6 Å². The van der Waals surface area contributed by atoms with E-state index < -0.39 is 6.04 Å². The van der Waals surface area contributed by atoms with Crippen molar-refractivity contribution in [3.05, 3.63) is 29.3 Å². The van der Waals surface area contributed by atoms with Gasteiger partial charge in [-0.2, -0.15) is 0 Å². The quantitative estimate of drug-likeness (QED) is 0.847. The molecule has 16 heavy (non-hydrogen) atoms. The zero-order chi connectivity index (χ0) is 12.3. The Morgan fingerprint density at radius 3 is 2.25 bits per heavy atom. The van der Waals surface area contributed by atoms with Crippen LogP contribution in [0.3, 0.4) is 0 Å². The molecular weight excluding hydrogens is 200 g/mol. The summed E-state index contributed by atoms with van der Waals surface area (Å²) in [6.45, 7) is 8.36. The van der Waals surface area contributed by atoms with Gasteiger partial charge >= 0.3 is 0 Å². The van der Waals surface area contributed by atoms with E-state index in [1.165, 1.54) is 0 Å². The van der Waals surface area contributed by atoms with Crippen molar-refractivity contribution in [1.82, 2.24) is 0 Å². The lowest BCUT2D eigenvalue weighted by atomic mass is 10.1. The van der Waals surface area contributed by atoms with Gasteiger partial charge in [-0.1, -0.05) is 18.2 Å². The number of benzene rings is 1. The zero-order valence-electron chi connectivity index (χ0n) is 10.4. The number of nitrogens with two attached hydrogens (primary N) is 1. The van der Waals surface area contributed by atoms with Crippen molar-refractivity contribution in [3.63, 3.8) is 0 Å². The number of nitrogens with zero attached hydrogens (tertiary/aromatic N) is 1. The lowest BCUT2D eigenvalue weighted by molar-refractivity contribution is -0.119. The molecule has 1 amide bonds. The van der Waals surface area contributed by atoms with Crippen molar-refractivity contribution in [2.75, 3.05) is 11.4 Å². The van der Waals surface area contributed by atoms with Gasteiger partial charge in [-0.3, -0.25) is 4.79 Å². The van der Waals surface area contributed by atoms with Gasteiger partial charge in [0, 0.05) is 12.2 Å². The Balaban J connectivity index is 3.18. The Morgan fingerprint density at radius 2 is 1.88 bits per heavy atom. The van der Waals surface area contributed by atoms with E-state index >= 15 is 0 Å². The predicted octanol–water partition coefficient (Wildman–Crippen LogP) is 2.00. The molecule has 0 radical (unpaired) electrons. The second-order valence-electron chi connectivity index (χ2n) is 4.11. The van der Waals surface area contributed by atoms with Crippen LogP contribution in [-0.2, 0) is 4.79 Å². The molecule has 0 bridgehead atoms. The van der Waals surface area contributed by atoms with Crippen molar-refractivity contribution < 1.29 is 4.79 Å². The van der Waals surface area contributed by atoms with E-state index in [0.29, 0.717) is 6.54 Å². The molecule has 0 aliphatic carbocycles. The third-order valence-corrected chi connectivity index (χ3v) is 2.68. The molecule has 0 saturated carbocycles. The topological polar surface area (TPSA) is 46.3 Å². The largest absolute Gasteiger partial charge is 0.320 e. The fraction of sp³-hybridized carbons (Fsp3) is 0.462. The summed E-state index contributed by atoms with van der Waals surface area (Å²) >= 11 is 0. The number of hydrogen-bond acceptors (Lipinski definition) is 2. The van der Waals surface area contributed by atoms with E-state index in [9.17, 15) is 4.79 Å². The van der Waals surface area contributed by atoms with Gasteiger partial charge in [-0.05, 0) is 38.8 Å². The van der Waals surface area contributed by atoms with E-state index in [1.54, 1.807) is 11.8 Å². The van der Waals surface area contributed by atoms with Crippen LogP contribution >= 0.6 is 0 Å². The molecular formula is C13H20N2O. The van der Waals surface area contributed by atoms with E-state index in [1.807, 2.05) is 39.0 Å². The predicted molar refractivity (Wildman–Crippen MR) is 67.6 cm³/mol. The van der Waals surface area contributed by atoms with Gasteiger partial charge in [0.1, 0.15) is 0 Å². The average molecular weight is 220 g/mol. The highest BCUT2D eigenvalue weighted by atomic mass is 16.2. The summed E-state index contributed by atoms with van der Waals surface area (Å²) < 4.78 is 0. The van der Waals surface area contributed by atoms with Crippen LogP contribution in [0.15, 0.2) is 18.2 Å². The Labute approximate surface area is 97.2 Å². The fourth-order valence-corrected chi connectivity index (χ4v) is 1.90. The molecule has 1 atom stereocenters. The third kappa shape index (κ3) is 2.42. The lowest BCUT2D eigenvalue weighted by Crippen LogP contribution is -2.42. The molecule has 0 heterocycles.